The third-order valence-corrected chi connectivity index (χ3v) is 6.30. The Morgan fingerprint density at radius 2 is 1.80 bits per heavy atom. The number of carbonyl (C=O) groups excluding carboxylic acids is 2. The van der Waals surface area contributed by atoms with E-state index in [0.29, 0.717) is 0 Å². The van der Waals surface area contributed by atoms with Crippen LogP contribution >= 0.6 is 11.6 Å². The lowest BCUT2D eigenvalue weighted by atomic mass is 10.3. The molecule has 2 rings (SSSR count). The van der Waals surface area contributed by atoms with Crippen LogP contribution in [0.2, 0.25) is 5.02 Å². The standard InChI is InChI=1S/C15H20ClN3O5S/c1-17(15(21)24-2)11-14(20)18-7-9-19(10-8-18)25(22,23)13-6-4-3-5-12(13)16/h3-6H,7-11H2,1-2H3. The van der Waals surface area contributed by atoms with Gasteiger partial charge in [-0.2, -0.15) is 4.31 Å². The summed E-state index contributed by atoms with van der Waals surface area (Å²) in [6, 6.07) is 6.26. The van der Waals surface area contributed by atoms with E-state index in [1.54, 1.807) is 12.1 Å². The van der Waals surface area contributed by atoms with Crippen molar-refractivity contribution in [2.24, 2.45) is 0 Å². The molecule has 0 aromatic heterocycles. The van der Waals surface area contributed by atoms with Gasteiger partial charge in [-0.25, -0.2) is 13.2 Å². The zero-order chi connectivity index (χ0) is 18.6. The first kappa shape index (κ1) is 19.5. The van der Waals surface area contributed by atoms with Crippen molar-refractivity contribution in [2.45, 2.75) is 4.90 Å². The Morgan fingerprint density at radius 3 is 2.36 bits per heavy atom. The minimum absolute atomic E-state index is 0.0573. The largest absolute Gasteiger partial charge is 0.453 e. The van der Waals surface area contributed by atoms with Crippen molar-refractivity contribution in [2.75, 3.05) is 46.9 Å². The number of amides is 2. The minimum Gasteiger partial charge on any atom is -0.453 e. The average Bonchev–Trinajstić information content (AvgIpc) is 2.61. The monoisotopic (exact) mass is 389 g/mol. The number of hydrogen-bond acceptors (Lipinski definition) is 5. The van der Waals surface area contributed by atoms with Gasteiger partial charge in [0.25, 0.3) is 0 Å². The Morgan fingerprint density at radius 1 is 1.20 bits per heavy atom. The highest BCUT2D eigenvalue weighted by Gasteiger charge is 2.31. The van der Waals surface area contributed by atoms with Crippen LogP contribution in [0.25, 0.3) is 0 Å². The average molecular weight is 390 g/mol. The molecule has 0 saturated carbocycles. The fourth-order valence-electron chi connectivity index (χ4n) is 2.49. The molecule has 25 heavy (non-hydrogen) atoms. The van der Waals surface area contributed by atoms with Gasteiger partial charge in [0.1, 0.15) is 11.4 Å². The predicted molar refractivity (Wildman–Crippen MR) is 91.8 cm³/mol. The van der Waals surface area contributed by atoms with Crippen LogP contribution in [0, 0.1) is 0 Å². The lowest BCUT2D eigenvalue weighted by Gasteiger charge is -2.34. The van der Waals surface area contributed by atoms with E-state index in [2.05, 4.69) is 4.74 Å². The van der Waals surface area contributed by atoms with Gasteiger partial charge in [0, 0.05) is 33.2 Å². The van der Waals surface area contributed by atoms with E-state index < -0.39 is 16.1 Å². The van der Waals surface area contributed by atoms with Gasteiger partial charge in [-0.1, -0.05) is 23.7 Å². The molecule has 2 amide bonds. The lowest BCUT2D eigenvalue weighted by Crippen LogP contribution is -2.52. The van der Waals surface area contributed by atoms with Gasteiger partial charge < -0.3 is 14.5 Å². The number of rotatable bonds is 4. The molecule has 1 fully saturated rings. The summed E-state index contributed by atoms with van der Waals surface area (Å²) >= 11 is 5.99. The van der Waals surface area contributed by atoms with E-state index in [4.69, 9.17) is 11.6 Å². The normalized spacial score (nSPS) is 15.7. The maximum Gasteiger partial charge on any atom is 0.409 e. The molecule has 1 saturated heterocycles. The first-order valence-corrected chi connectivity index (χ1v) is 9.40. The van der Waals surface area contributed by atoms with Crippen molar-refractivity contribution in [3.8, 4) is 0 Å². The minimum atomic E-state index is -3.70. The zero-order valence-corrected chi connectivity index (χ0v) is 15.6. The van der Waals surface area contributed by atoms with Crippen LogP contribution in [0.1, 0.15) is 0 Å². The van der Waals surface area contributed by atoms with Crippen LogP contribution < -0.4 is 0 Å². The molecule has 1 aromatic rings. The summed E-state index contributed by atoms with van der Waals surface area (Å²) in [5.74, 6) is -0.261. The van der Waals surface area contributed by atoms with Crippen molar-refractivity contribution < 1.29 is 22.7 Å². The summed E-state index contributed by atoms with van der Waals surface area (Å²) in [4.78, 5) is 26.3. The quantitative estimate of drug-likeness (QED) is 0.762. The first-order chi connectivity index (χ1) is 11.8. The summed E-state index contributed by atoms with van der Waals surface area (Å²) < 4.78 is 31.2. The highest BCUT2D eigenvalue weighted by Crippen LogP contribution is 2.25. The van der Waals surface area contributed by atoms with Crippen LogP contribution in [-0.4, -0.2) is 81.4 Å². The first-order valence-electron chi connectivity index (χ1n) is 7.59. The number of halogens is 1. The highest BCUT2D eigenvalue weighted by molar-refractivity contribution is 7.89. The van der Waals surface area contributed by atoms with Gasteiger partial charge in [0.2, 0.25) is 15.9 Å². The van der Waals surface area contributed by atoms with Crippen LogP contribution in [0.15, 0.2) is 29.2 Å². The Balaban J connectivity index is 1.98. The van der Waals surface area contributed by atoms with Crippen molar-refractivity contribution in [1.82, 2.24) is 14.1 Å². The van der Waals surface area contributed by atoms with Crippen LogP contribution in [0.4, 0.5) is 4.79 Å². The summed E-state index contributed by atoms with van der Waals surface area (Å²) in [5, 5.41) is 0.167. The molecule has 138 valence electrons. The van der Waals surface area contributed by atoms with Crippen molar-refractivity contribution >= 4 is 33.6 Å². The van der Waals surface area contributed by atoms with Gasteiger partial charge >= 0.3 is 6.09 Å². The third-order valence-electron chi connectivity index (χ3n) is 3.90. The van der Waals surface area contributed by atoms with Crippen molar-refractivity contribution in [3.63, 3.8) is 0 Å². The van der Waals surface area contributed by atoms with Crippen molar-refractivity contribution in [3.05, 3.63) is 29.3 Å². The molecule has 0 radical (unpaired) electrons. The van der Waals surface area contributed by atoms with E-state index in [0.717, 1.165) is 4.90 Å². The Kier molecular flexibility index (Phi) is 6.26. The molecular formula is C15H20ClN3O5S. The number of likely N-dealkylation sites (N-methyl/N-ethyl adjacent to an activating group) is 1. The molecule has 10 heteroatoms. The van der Waals surface area contributed by atoms with Gasteiger partial charge in [0.15, 0.2) is 0 Å². The lowest BCUT2D eigenvalue weighted by molar-refractivity contribution is -0.133. The predicted octanol–water partition coefficient (Wildman–Crippen LogP) is 0.871. The number of methoxy groups -OCH3 is 1. The SMILES string of the molecule is COC(=O)N(C)CC(=O)N1CCN(S(=O)(=O)c2ccccc2Cl)CC1. The summed E-state index contributed by atoms with van der Waals surface area (Å²) in [5.41, 5.74) is 0. The second-order valence-electron chi connectivity index (χ2n) is 5.54. The van der Waals surface area contributed by atoms with E-state index in [1.807, 2.05) is 0 Å². The number of carbonyl (C=O) groups is 2. The van der Waals surface area contributed by atoms with Crippen LogP contribution in [0.5, 0.6) is 0 Å². The number of nitrogens with zero attached hydrogens (tertiary/aromatic N) is 3. The smallest absolute Gasteiger partial charge is 0.409 e. The molecule has 8 nitrogen and oxygen atoms in total. The molecule has 0 bridgehead atoms. The number of sulfonamides is 1. The summed E-state index contributed by atoms with van der Waals surface area (Å²) in [6.45, 7) is 0.710. The number of piperazine rings is 1. The molecule has 1 heterocycles. The second-order valence-corrected chi connectivity index (χ2v) is 7.85. The Bertz CT molecular complexity index is 747. The van der Waals surface area contributed by atoms with E-state index in [9.17, 15) is 18.0 Å². The Hall–Kier alpha value is -1.84. The van der Waals surface area contributed by atoms with Crippen LogP contribution in [0.3, 0.4) is 0 Å². The third kappa shape index (κ3) is 4.42. The van der Waals surface area contributed by atoms with E-state index >= 15 is 0 Å². The van der Waals surface area contributed by atoms with Gasteiger partial charge in [0.05, 0.1) is 12.1 Å². The molecule has 0 N–H and O–H groups in total. The van der Waals surface area contributed by atoms with E-state index in [1.165, 1.54) is 35.5 Å². The molecule has 0 atom stereocenters. The molecule has 1 aliphatic heterocycles. The number of hydrogen-bond donors (Lipinski definition) is 0. The number of benzene rings is 1. The van der Waals surface area contributed by atoms with E-state index in [-0.39, 0.29) is 48.5 Å². The zero-order valence-electron chi connectivity index (χ0n) is 14.0. The molecule has 0 aliphatic carbocycles. The van der Waals surface area contributed by atoms with Gasteiger partial charge in [-0.05, 0) is 12.1 Å². The van der Waals surface area contributed by atoms with Crippen LogP contribution in [-0.2, 0) is 19.6 Å². The van der Waals surface area contributed by atoms with Crippen molar-refractivity contribution in [1.29, 1.82) is 0 Å². The maximum absolute atomic E-state index is 12.7. The van der Waals surface area contributed by atoms with Gasteiger partial charge in [-0.15, -0.1) is 0 Å². The molecule has 1 aromatic carbocycles. The molecule has 0 spiro atoms. The Labute approximate surface area is 151 Å². The number of ether oxygens (including phenoxy) is 1. The molecular weight excluding hydrogens is 370 g/mol. The molecule has 1 aliphatic rings. The van der Waals surface area contributed by atoms with Gasteiger partial charge in [-0.3, -0.25) is 4.79 Å². The summed E-state index contributed by atoms with van der Waals surface area (Å²) in [6.07, 6.45) is -0.603. The fourth-order valence-corrected chi connectivity index (χ4v) is 4.41. The second kappa shape index (κ2) is 8.03. The summed E-state index contributed by atoms with van der Waals surface area (Å²) in [7, 11) is -1.01. The topological polar surface area (TPSA) is 87.2 Å². The maximum atomic E-state index is 12.7. The fraction of sp³-hybridized carbons (Fsp3) is 0.467. The highest BCUT2D eigenvalue weighted by atomic mass is 35.5. The molecule has 0 unspecified atom stereocenters.